The molecule has 10 rings (SSSR count). The summed E-state index contributed by atoms with van der Waals surface area (Å²) in [6.07, 6.45) is 1.85. The van der Waals surface area contributed by atoms with E-state index in [-0.39, 0.29) is 0 Å². The molecule has 10 aromatic rings. The highest BCUT2D eigenvalue weighted by molar-refractivity contribution is 6.11. The summed E-state index contributed by atoms with van der Waals surface area (Å²) in [6.45, 7) is 0. The lowest BCUT2D eigenvalue weighted by molar-refractivity contribution is 1.08. The lowest BCUT2D eigenvalue weighted by Crippen LogP contribution is -2.09. The first-order valence-corrected chi connectivity index (χ1v) is 17.3. The number of benzene rings is 7. The van der Waals surface area contributed by atoms with Crippen LogP contribution in [-0.4, -0.2) is 14.1 Å². The van der Waals surface area contributed by atoms with Gasteiger partial charge in [-0.2, -0.15) is 0 Å². The highest BCUT2D eigenvalue weighted by atomic mass is 15.1. The highest BCUT2D eigenvalue weighted by Gasteiger charge is 2.18. The first kappa shape index (κ1) is 29.0. The smallest absolute Gasteiger partial charge is 0.137 e. The fourth-order valence-corrected chi connectivity index (χ4v) is 7.67. The highest BCUT2D eigenvalue weighted by Crippen LogP contribution is 2.41. The molecule has 0 aliphatic heterocycles. The minimum atomic E-state index is 0.912. The Morgan fingerprint density at radius 3 is 1.61 bits per heavy atom. The summed E-state index contributed by atoms with van der Waals surface area (Å²) in [6, 6.07) is 67.1. The van der Waals surface area contributed by atoms with Gasteiger partial charge < -0.3 is 9.47 Å². The molecule has 0 atom stereocenters. The number of rotatable bonds is 6. The van der Waals surface area contributed by atoms with Gasteiger partial charge in [-0.3, -0.25) is 4.57 Å². The lowest BCUT2D eigenvalue weighted by Gasteiger charge is -2.26. The van der Waals surface area contributed by atoms with Crippen molar-refractivity contribution in [2.24, 2.45) is 0 Å². The predicted octanol–water partition coefficient (Wildman–Crippen LogP) is 12.4. The Balaban J connectivity index is 1.08. The van der Waals surface area contributed by atoms with Crippen LogP contribution in [0.1, 0.15) is 0 Å². The molecule has 0 bridgehead atoms. The molecular weight excluding hydrogens is 621 g/mol. The minimum absolute atomic E-state index is 0.912. The normalized spacial score (nSPS) is 11.5. The molecule has 0 saturated heterocycles. The number of hydrogen-bond donors (Lipinski definition) is 0. The maximum Gasteiger partial charge on any atom is 0.137 e. The Morgan fingerprint density at radius 1 is 0.353 bits per heavy atom. The lowest BCUT2D eigenvalue weighted by atomic mass is 10.0. The summed E-state index contributed by atoms with van der Waals surface area (Å²) in [5, 5.41) is 4.90. The van der Waals surface area contributed by atoms with Crippen molar-refractivity contribution in [3.63, 3.8) is 0 Å². The van der Waals surface area contributed by atoms with Crippen molar-refractivity contribution in [3.05, 3.63) is 194 Å². The molecule has 0 amide bonds. The second-order valence-corrected chi connectivity index (χ2v) is 12.9. The van der Waals surface area contributed by atoms with Crippen LogP contribution in [0.3, 0.4) is 0 Å². The molecule has 0 aliphatic rings. The summed E-state index contributed by atoms with van der Waals surface area (Å²) in [4.78, 5) is 7.05. The van der Waals surface area contributed by atoms with Crippen molar-refractivity contribution < 1.29 is 0 Å². The van der Waals surface area contributed by atoms with E-state index in [0.717, 1.165) is 33.9 Å². The van der Waals surface area contributed by atoms with E-state index in [1.54, 1.807) is 0 Å². The van der Waals surface area contributed by atoms with E-state index in [9.17, 15) is 0 Å². The fraction of sp³-hybridized carbons (Fsp3) is 0. The zero-order valence-corrected chi connectivity index (χ0v) is 27.8. The summed E-state index contributed by atoms with van der Waals surface area (Å²) in [5.41, 5.74) is 11.5. The Bertz CT molecular complexity index is 2830. The first-order chi connectivity index (χ1) is 25.3. The molecule has 240 valence electrons. The number of pyridine rings is 1. The van der Waals surface area contributed by atoms with Gasteiger partial charge in [0.15, 0.2) is 0 Å². The number of para-hydroxylation sites is 4. The van der Waals surface area contributed by atoms with Crippen molar-refractivity contribution in [3.8, 4) is 22.6 Å². The third kappa shape index (κ3) is 4.80. The monoisotopic (exact) mass is 652 g/mol. The van der Waals surface area contributed by atoms with Gasteiger partial charge in [0.2, 0.25) is 0 Å². The van der Waals surface area contributed by atoms with Crippen LogP contribution in [0.15, 0.2) is 194 Å². The number of fused-ring (bicyclic) bond motifs is 6. The molecule has 4 heteroatoms. The van der Waals surface area contributed by atoms with Crippen LogP contribution in [0.5, 0.6) is 0 Å². The van der Waals surface area contributed by atoms with E-state index in [0.29, 0.717) is 0 Å². The maximum absolute atomic E-state index is 4.71. The minimum Gasteiger partial charge on any atom is -0.310 e. The van der Waals surface area contributed by atoms with Crippen molar-refractivity contribution in [2.45, 2.75) is 0 Å². The van der Waals surface area contributed by atoms with Crippen LogP contribution in [0, 0.1) is 0 Å². The van der Waals surface area contributed by atoms with Gasteiger partial charge in [-0.15, -0.1) is 0 Å². The van der Waals surface area contributed by atoms with E-state index in [4.69, 9.17) is 4.98 Å². The Kier molecular flexibility index (Phi) is 6.78. The second kappa shape index (κ2) is 11.9. The van der Waals surface area contributed by atoms with Gasteiger partial charge in [0.25, 0.3) is 0 Å². The Hall–Kier alpha value is -6.91. The van der Waals surface area contributed by atoms with E-state index >= 15 is 0 Å². The molecule has 0 aliphatic carbocycles. The molecule has 51 heavy (non-hydrogen) atoms. The van der Waals surface area contributed by atoms with E-state index in [2.05, 4.69) is 190 Å². The molecule has 4 nitrogen and oxygen atoms in total. The second-order valence-electron chi connectivity index (χ2n) is 12.9. The van der Waals surface area contributed by atoms with Crippen LogP contribution in [-0.2, 0) is 0 Å². The Morgan fingerprint density at radius 2 is 0.882 bits per heavy atom. The average Bonchev–Trinajstić information content (AvgIpc) is 3.72. The molecule has 0 radical (unpaired) electrons. The van der Waals surface area contributed by atoms with Crippen LogP contribution in [0.25, 0.3) is 66.2 Å². The van der Waals surface area contributed by atoms with Gasteiger partial charge in [-0.05, 0) is 102 Å². The molecule has 3 aromatic heterocycles. The predicted molar refractivity (Wildman–Crippen MR) is 213 cm³/mol. The summed E-state index contributed by atoms with van der Waals surface area (Å²) in [5.74, 6) is 0.912. The van der Waals surface area contributed by atoms with Gasteiger partial charge in [-0.1, -0.05) is 97.1 Å². The topological polar surface area (TPSA) is 26.0 Å². The van der Waals surface area contributed by atoms with E-state index in [1.807, 2.05) is 18.3 Å². The zero-order valence-electron chi connectivity index (χ0n) is 27.8. The SMILES string of the molecule is c1ccc(N(c2ccc(-c3ccc4c(c3)c3ccccc3n4-c3ccccc3)cc2)c2ccc3c(c2)c2ccccc2n3-c2ccccn2)cc1. The van der Waals surface area contributed by atoms with E-state index in [1.165, 1.54) is 49.4 Å². The molecule has 0 spiro atoms. The largest absolute Gasteiger partial charge is 0.310 e. The van der Waals surface area contributed by atoms with Crippen molar-refractivity contribution in [1.82, 2.24) is 14.1 Å². The fourth-order valence-electron chi connectivity index (χ4n) is 7.67. The van der Waals surface area contributed by atoms with Gasteiger partial charge in [-0.25, -0.2) is 4.98 Å². The third-order valence-corrected chi connectivity index (χ3v) is 9.95. The first-order valence-electron chi connectivity index (χ1n) is 17.3. The molecule has 0 unspecified atom stereocenters. The molecule has 0 N–H and O–H groups in total. The van der Waals surface area contributed by atoms with E-state index < -0.39 is 0 Å². The van der Waals surface area contributed by atoms with Crippen LogP contribution in [0.2, 0.25) is 0 Å². The maximum atomic E-state index is 4.71. The van der Waals surface area contributed by atoms with Gasteiger partial charge in [0.1, 0.15) is 5.82 Å². The summed E-state index contributed by atoms with van der Waals surface area (Å²) >= 11 is 0. The molecule has 7 aromatic carbocycles. The number of aromatic nitrogens is 3. The quantitative estimate of drug-likeness (QED) is 0.179. The van der Waals surface area contributed by atoms with Crippen LogP contribution >= 0.6 is 0 Å². The summed E-state index contributed by atoms with van der Waals surface area (Å²) < 4.78 is 4.62. The van der Waals surface area contributed by atoms with Crippen LogP contribution in [0.4, 0.5) is 17.1 Å². The third-order valence-electron chi connectivity index (χ3n) is 9.95. The number of hydrogen-bond acceptors (Lipinski definition) is 2. The van der Waals surface area contributed by atoms with Crippen molar-refractivity contribution in [2.75, 3.05) is 4.90 Å². The molecule has 0 saturated carbocycles. The molecule has 0 fully saturated rings. The zero-order chi connectivity index (χ0) is 33.7. The molecule has 3 heterocycles. The Labute approximate surface area is 295 Å². The number of anilines is 3. The van der Waals surface area contributed by atoms with Crippen molar-refractivity contribution >= 4 is 60.7 Å². The van der Waals surface area contributed by atoms with Gasteiger partial charge in [0, 0.05) is 50.5 Å². The van der Waals surface area contributed by atoms with Crippen molar-refractivity contribution in [1.29, 1.82) is 0 Å². The standard InChI is InChI=1S/C47H32N4/c1-3-13-35(14-4-1)49(38-27-29-46-42(32-38)40-18-8-10-20-44(40)51(46)47-21-11-12-30-48-47)37-25-22-33(23-26-37)34-24-28-45-41(31-34)39-17-7-9-19-43(39)50(45)36-15-5-2-6-16-36/h1-32H. The van der Waals surface area contributed by atoms with Crippen LogP contribution < -0.4 is 4.90 Å². The summed E-state index contributed by atoms with van der Waals surface area (Å²) in [7, 11) is 0. The molecular formula is C47H32N4. The average molecular weight is 653 g/mol. The van der Waals surface area contributed by atoms with Gasteiger partial charge in [0.05, 0.1) is 22.1 Å². The van der Waals surface area contributed by atoms with Gasteiger partial charge >= 0.3 is 0 Å². The number of nitrogens with zero attached hydrogens (tertiary/aromatic N) is 4.